The second-order valence-electron chi connectivity index (χ2n) is 3.55. The number of nitrogen functional groups attached to an aromatic ring is 1. The molecule has 8 heteroatoms. The number of methoxy groups -OCH3 is 1. The zero-order valence-corrected chi connectivity index (χ0v) is 10.7. The van der Waals surface area contributed by atoms with E-state index in [9.17, 15) is 13.2 Å². The van der Waals surface area contributed by atoms with Crippen molar-refractivity contribution in [1.29, 1.82) is 0 Å². The highest BCUT2D eigenvalue weighted by atomic mass is 32.2. The maximum atomic E-state index is 11.4. The number of esters is 1. The van der Waals surface area contributed by atoms with E-state index in [1.54, 1.807) is 12.1 Å². The second kappa shape index (κ2) is 5.69. The third-order valence-electron chi connectivity index (χ3n) is 2.21. The largest absolute Gasteiger partial charge is 0.465 e. The Labute approximate surface area is 105 Å². The SMILES string of the molecule is COC(=O)c1cccc(NCCS(N)(=O)=O)c1N. The minimum atomic E-state index is -3.53. The zero-order chi connectivity index (χ0) is 13.8. The van der Waals surface area contributed by atoms with Gasteiger partial charge in [-0.05, 0) is 12.1 Å². The number of primary sulfonamides is 1. The van der Waals surface area contributed by atoms with Gasteiger partial charge in [0.15, 0.2) is 0 Å². The van der Waals surface area contributed by atoms with E-state index in [0.717, 1.165) is 0 Å². The molecule has 1 rings (SSSR count). The van der Waals surface area contributed by atoms with E-state index in [2.05, 4.69) is 10.1 Å². The van der Waals surface area contributed by atoms with Crippen molar-refractivity contribution < 1.29 is 17.9 Å². The molecule has 0 heterocycles. The van der Waals surface area contributed by atoms with Gasteiger partial charge in [-0.15, -0.1) is 0 Å². The summed E-state index contributed by atoms with van der Waals surface area (Å²) in [6.07, 6.45) is 0. The summed E-state index contributed by atoms with van der Waals surface area (Å²) in [5.41, 5.74) is 6.65. The smallest absolute Gasteiger partial charge is 0.340 e. The van der Waals surface area contributed by atoms with Crippen LogP contribution >= 0.6 is 0 Å². The molecule has 7 nitrogen and oxygen atoms in total. The molecule has 0 bridgehead atoms. The standard InChI is InChI=1S/C10H15N3O4S/c1-17-10(14)7-3-2-4-8(9(7)11)13-5-6-18(12,15)16/h2-4,13H,5-6,11H2,1H3,(H2,12,15,16). The van der Waals surface area contributed by atoms with Crippen LogP contribution in [0, 0.1) is 0 Å². The van der Waals surface area contributed by atoms with E-state index in [4.69, 9.17) is 10.9 Å². The summed E-state index contributed by atoms with van der Waals surface area (Å²) in [4.78, 5) is 11.4. The van der Waals surface area contributed by atoms with Crippen LogP contribution in [-0.2, 0) is 14.8 Å². The van der Waals surface area contributed by atoms with Crippen molar-refractivity contribution in [2.45, 2.75) is 0 Å². The molecule has 0 aromatic heterocycles. The monoisotopic (exact) mass is 273 g/mol. The molecule has 0 aliphatic carbocycles. The fraction of sp³-hybridized carbons (Fsp3) is 0.300. The molecule has 0 spiro atoms. The molecule has 0 saturated carbocycles. The second-order valence-corrected chi connectivity index (χ2v) is 5.29. The van der Waals surface area contributed by atoms with Crippen molar-refractivity contribution in [3.05, 3.63) is 23.8 Å². The molecule has 0 fully saturated rings. The van der Waals surface area contributed by atoms with E-state index >= 15 is 0 Å². The molecule has 0 aliphatic rings. The molecule has 0 unspecified atom stereocenters. The molecule has 0 atom stereocenters. The first-order valence-corrected chi connectivity index (χ1v) is 6.78. The van der Waals surface area contributed by atoms with Crippen molar-refractivity contribution in [2.24, 2.45) is 5.14 Å². The van der Waals surface area contributed by atoms with Crippen LogP contribution < -0.4 is 16.2 Å². The Morgan fingerprint density at radius 1 is 1.44 bits per heavy atom. The molecule has 100 valence electrons. The highest BCUT2D eigenvalue weighted by Gasteiger charge is 2.12. The van der Waals surface area contributed by atoms with Crippen LogP contribution in [0.25, 0.3) is 0 Å². The molecule has 0 aliphatic heterocycles. The van der Waals surface area contributed by atoms with Crippen LogP contribution in [0.3, 0.4) is 0 Å². The summed E-state index contributed by atoms with van der Waals surface area (Å²) < 4.78 is 26.1. The van der Waals surface area contributed by atoms with Crippen LogP contribution in [0.1, 0.15) is 10.4 Å². The fourth-order valence-corrected chi connectivity index (χ4v) is 1.72. The third kappa shape index (κ3) is 3.90. The average Bonchev–Trinajstić information content (AvgIpc) is 2.29. The lowest BCUT2D eigenvalue weighted by molar-refractivity contribution is 0.0602. The lowest BCUT2D eigenvalue weighted by Gasteiger charge is -2.11. The Balaban J connectivity index is 2.81. The van der Waals surface area contributed by atoms with Gasteiger partial charge >= 0.3 is 5.97 Å². The van der Waals surface area contributed by atoms with Gasteiger partial charge in [0.1, 0.15) is 0 Å². The van der Waals surface area contributed by atoms with Crippen LogP contribution in [0.4, 0.5) is 11.4 Å². The number of hydrogen-bond acceptors (Lipinski definition) is 6. The molecule has 1 aromatic rings. The van der Waals surface area contributed by atoms with Gasteiger partial charge in [0.2, 0.25) is 10.0 Å². The van der Waals surface area contributed by atoms with Gasteiger partial charge in [-0.1, -0.05) is 6.07 Å². The third-order valence-corrected chi connectivity index (χ3v) is 2.99. The summed E-state index contributed by atoms with van der Waals surface area (Å²) >= 11 is 0. The Kier molecular flexibility index (Phi) is 4.51. The van der Waals surface area contributed by atoms with Crippen molar-refractivity contribution in [3.63, 3.8) is 0 Å². The molecule has 5 N–H and O–H groups in total. The maximum Gasteiger partial charge on any atom is 0.340 e. The first kappa shape index (κ1) is 14.3. The highest BCUT2D eigenvalue weighted by Crippen LogP contribution is 2.23. The number of anilines is 2. The number of hydrogen-bond donors (Lipinski definition) is 3. The molecule has 0 amide bonds. The van der Waals surface area contributed by atoms with E-state index < -0.39 is 16.0 Å². The fourth-order valence-electron chi connectivity index (χ4n) is 1.34. The summed E-state index contributed by atoms with van der Waals surface area (Å²) in [6.45, 7) is 0.105. The first-order valence-electron chi connectivity index (χ1n) is 5.06. The number of para-hydroxylation sites is 1. The van der Waals surface area contributed by atoms with Crippen molar-refractivity contribution in [3.8, 4) is 0 Å². The Bertz CT molecular complexity index is 542. The molecule has 1 aromatic carbocycles. The van der Waals surface area contributed by atoms with Crippen LogP contribution in [0.5, 0.6) is 0 Å². The summed E-state index contributed by atoms with van der Waals surface area (Å²) in [5.74, 6) is -0.780. The topological polar surface area (TPSA) is 125 Å². The quantitative estimate of drug-likeness (QED) is 0.502. The van der Waals surface area contributed by atoms with E-state index in [0.29, 0.717) is 5.69 Å². The minimum Gasteiger partial charge on any atom is -0.465 e. The molecule has 0 radical (unpaired) electrons. The maximum absolute atomic E-state index is 11.4. The van der Waals surface area contributed by atoms with Crippen molar-refractivity contribution in [1.82, 2.24) is 0 Å². The predicted octanol–water partition coefficient (Wildman–Crippen LogP) is -0.244. The van der Waals surface area contributed by atoms with Gasteiger partial charge in [-0.25, -0.2) is 18.4 Å². The van der Waals surface area contributed by atoms with Gasteiger partial charge in [0.25, 0.3) is 0 Å². The number of ether oxygens (including phenoxy) is 1. The summed E-state index contributed by atoms with van der Waals surface area (Å²) in [5, 5.41) is 7.66. The van der Waals surface area contributed by atoms with Gasteiger partial charge in [-0.3, -0.25) is 0 Å². The lowest BCUT2D eigenvalue weighted by Crippen LogP contribution is -2.22. The van der Waals surface area contributed by atoms with Gasteiger partial charge in [0, 0.05) is 6.54 Å². The van der Waals surface area contributed by atoms with Crippen molar-refractivity contribution >= 4 is 27.4 Å². The summed E-state index contributed by atoms with van der Waals surface area (Å²) in [7, 11) is -2.28. The van der Waals surface area contributed by atoms with Crippen LogP contribution in [-0.4, -0.2) is 33.8 Å². The Morgan fingerprint density at radius 3 is 2.67 bits per heavy atom. The number of nitrogens with two attached hydrogens (primary N) is 2. The van der Waals surface area contributed by atoms with Crippen LogP contribution in [0.2, 0.25) is 0 Å². The number of sulfonamides is 1. The number of carbonyl (C=O) groups is 1. The van der Waals surface area contributed by atoms with Gasteiger partial charge in [0.05, 0.1) is 29.8 Å². The van der Waals surface area contributed by atoms with Crippen molar-refractivity contribution in [2.75, 3.05) is 30.5 Å². The van der Waals surface area contributed by atoms with E-state index in [-0.39, 0.29) is 23.5 Å². The van der Waals surface area contributed by atoms with Gasteiger partial charge < -0.3 is 15.8 Å². The molecule has 0 saturated heterocycles. The normalized spacial score (nSPS) is 11.0. The first-order chi connectivity index (χ1) is 8.35. The summed E-state index contributed by atoms with van der Waals surface area (Å²) in [6, 6.07) is 4.76. The average molecular weight is 273 g/mol. The minimum absolute atomic E-state index is 0.105. The predicted molar refractivity (Wildman–Crippen MR) is 68.7 cm³/mol. The zero-order valence-electron chi connectivity index (χ0n) is 9.84. The number of benzene rings is 1. The highest BCUT2D eigenvalue weighted by molar-refractivity contribution is 7.89. The number of carbonyl (C=O) groups excluding carboxylic acids is 1. The lowest BCUT2D eigenvalue weighted by atomic mass is 10.1. The Morgan fingerprint density at radius 2 is 2.11 bits per heavy atom. The number of nitrogens with one attached hydrogen (secondary N) is 1. The number of rotatable bonds is 5. The van der Waals surface area contributed by atoms with E-state index in [1.807, 2.05) is 0 Å². The van der Waals surface area contributed by atoms with Gasteiger partial charge in [-0.2, -0.15) is 0 Å². The molecule has 18 heavy (non-hydrogen) atoms. The Hall–Kier alpha value is -1.80. The molecular formula is C10H15N3O4S. The van der Waals surface area contributed by atoms with E-state index in [1.165, 1.54) is 13.2 Å². The van der Waals surface area contributed by atoms with Crippen LogP contribution in [0.15, 0.2) is 18.2 Å². The molecular weight excluding hydrogens is 258 g/mol.